The van der Waals surface area contributed by atoms with Crippen LogP contribution < -0.4 is 5.32 Å². The molecule has 1 aromatic carbocycles. The lowest BCUT2D eigenvalue weighted by molar-refractivity contribution is -0.136. The molecule has 2 aromatic heterocycles. The zero-order chi connectivity index (χ0) is 18.5. The van der Waals surface area contributed by atoms with Gasteiger partial charge in [0.1, 0.15) is 6.04 Å². The van der Waals surface area contributed by atoms with Gasteiger partial charge in [-0.2, -0.15) is 5.10 Å². The van der Waals surface area contributed by atoms with Gasteiger partial charge in [0, 0.05) is 43.2 Å². The molecule has 8 heteroatoms. The normalized spacial score (nSPS) is 11.8. The molecule has 0 spiro atoms. The maximum atomic E-state index is 12.4. The molecule has 1 unspecified atom stereocenters. The number of amides is 2. The van der Waals surface area contributed by atoms with Crippen LogP contribution in [-0.2, 0) is 9.59 Å². The molecule has 0 bridgehead atoms. The zero-order valence-corrected chi connectivity index (χ0v) is 14.6. The first-order chi connectivity index (χ1) is 12.5. The fourth-order valence-corrected chi connectivity index (χ4v) is 2.56. The van der Waals surface area contributed by atoms with E-state index in [9.17, 15) is 9.59 Å². The molecule has 26 heavy (non-hydrogen) atoms. The van der Waals surface area contributed by atoms with E-state index in [1.807, 2.05) is 22.9 Å². The summed E-state index contributed by atoms with van der Waals surface area (Å²) in [7, 11) is 1.60. The summed E-state index contributed by atoms with van der Waals surface area (Å²) in [5, 5.41) is 6.85. The zero-order valence-electron chi connectivity index (χ0n) is 14.6. The predicted molar refractivity (Wildman–Crippen MR) is 96.8 cm³/mol. The molecule has 3 aromatic rings. The minimum Gasteiger partial charge on any atom is -0.335 e. The Morgan fingerprint density at radius 3 is 2.58 bits per heavy atom. The van der Waals surface area contributed by atoms with Crippen LogP contribution in [0.15, 0.2) is 61.4 Å². The van der Waals surface area contributed by atoms with E-state index in [1.54, 1.807) is 61.8 Å². The van der Waals surface area contributed by atoms with Crippen molar-refractivity contribution < 1.29 is 9.59 Å². The van der Waals surface area contributed by atoms with Crippen LogP contribution in [0.4, 0.5) is 5.69 Å². The Morgan fingerprint density at radius 2 is 1.96 bits per heavy atom. The number of rotatable bonds is 6. The van der Waals surface area contributed by atoms with Gasteiger partial charge < -0.3 is 14.8 Å². The van der Waals surface area contributed by atoms with E-state index in [-0.39, 0.29) is 18.4 Å². The number of nitrogens with one attached hydrogen (secondary N) is 1. The van der Waals surface area contributed by atoms with E-state index in [1.165, 1.54) is 4.90 Å². The Labute approximate surface area is 151 Å². The van der Waals surface area contributed by atoms with Crippen molar-refractivity contribution in [1.29, 1.82) is 0 Å². The highest BCUT2D eigenvalue weighted by molar-refractivity contribution is 5.95. The van der Waals surface area contributed by atoms with Crippen LogP contribution in [0.1, 0.15) is 13.0 Å². The summed E-state index contributed by atoms with van der Waals surface area (Å²) in [6.07, 6.45) is 8.58. The highest BCUT2D eigenvalue weighted by Gasteiger charge is 2.21. The predicted octanol–water partition coefficient (Wildman–Crippen LogP) is 1.73. The molecule has 0 saturated heterocycles. The number of aromatic nitrogens is 4. The number of carbonyl (C=O) groups excluding carboxylic acids is 2. The molecular formula is C18H20N6O2. The molecular weight excluding hydrogens is 332 g/mol. The lowest BCUT2D eigenvalue weighted by atomic mass is 10.2. The third-order valence-corrected chi connectivity index (χ3v) is 3.99. The molecule has 134 valence electrons. The van der Waals surface area contributed by atoms with E-state index in [4.69, 9.17) is 0 Å². The van der Waals surface area contributed by atoms with Crippen molar-refractivity contribution in [1.82, 2.24) is 24.2 Å². The minimum atomic E-state index is -0.461. The lowest BCUT2D eigenvalue weighted by Gasteiger charge is -2.21. The number of nitrogens with zero attached hydrogens (tertiary/aromatic N) is 5. The SMILES string of the molecule is CC(C(=O)N(C)CC(=O)Nc1ccc(-n2ccnc2)cc1)n1cccn1. The average molecular weight is 352 g/mol. The number of hydrogen-bond acceptors (Lipinski definition) is 4. The molecule has 1 N–H and O–H groups in total. The van der Waals surface area contributed by atoms with Gasteiger partial charge in [-0.05, 0) is 37.3 Å². The molecule has 0 aliphatic rings. The molecule has 0 radical (unpaired) electrons. The second-order valence-corrected chi connectivity index (χ2v) is 5.92. The first-order valence-electron chi connectivity index (χ1n) is 8.17. The van der Waals surface area contributed by atoms with Gasteiger partial charge in [-0.3, -0.25) is 14.3 Å². The van der Waals surface area contributed by atoms with Crippen LogP contribution in [0.25, 0.3) is 5.69 Å². The molecule has 1 atom stereocenters. The number of anilines is 1. The minimum absolute atomic E-state index is 0.0340. The van der Waals surface area contributed by atoms with Crippen molar-refractivity contribution in [3.05, 3.63) is 61.4 Å². The Bertz CT molecular complexity index is 856. The highest BCUT2D eigenvalue weighted by atomic mass is 16.2. The second kappa shape index (κ2) is 7.64. The van der Waals surface area contributed by atoms with Gasteiger partial charge in [0.05, 0.1) is 12.9 Å². The van der Waals surface area contributed by atoms with Gasteiger partial charge in [0.2, 0.25) is 11.8 Å². The number of benzene rings is 1. The Morgan fingerprint density at radius 1 is 1.19 bits per heavy atom. The summed E-state index contributed by atoms with van der Waals surface area (Å²) in [6.45, 7) is 1.71. The second-order valence-electron chi connectivity index (χ2n) is 5.92. The van der Waals surface area contributed by atoms with E-state index < -0.39 is 6.04 Å². The van der Waals surface area contributed by atoms with Gasteiger partial charge in [-0.15, -0.1) is 0 Å². The van der Waals surface area contributed by atoms with Gasteiger partial charge in [-0.1, -0.05) is 0 Å². The monoisotopic (exact) mass is 352 g/mol. The largest absolute Gasteiger partial charge is 0.335 e. The third kappa shape index (κ3) is 3.97. The molecule has 0 saturated carbocycles. The molecule has 0 aliphatic heterocycles. The third-order valence-electron chi connectivity index (χ3n) is 3.99. The number of hydrogen-bond donors (Lipinski definition) is 1. The lowest BCUT2D eigenvalue weighted by Crippen LogP contribution is -2.38. The summed E-state index contributed by atoms with van der Waals surface area (Å²) in [5.74, 6) is -0.441. The molecule has 8 nitrogen and oxygen atoms in total. The quantitative estimate of drug-likeness (QED) is 0.732. The van der Waals surface area contributed by atoms with Crippen LogP contribution in [0.2, 0.25) is 0 Å². The van der Waals surface area contributed by atoms with Crippen LogP contribution in [0.5, 0.6) is 0 Å². The molecule has 2 heterocycles. The van der Waals surface area contributed by atoms with E-state index >= 15 is 0 Å². The van der Waals surface area contributed by atoms with Crippen LogP contribution in [0.3, 0.4) is 0 Å². The Hall–Kier alpha value is -3.42. The Balaban J connectivity index is 1.55. The first-order valence-corrected chi connectivity index (χ1v) is 8.17. The summed E-state index contributed by atoms with van der Waals surface area (Å²) in [4.78, 5) is 30.0. The van der Waals surface area contributed by atoms with Crippen LogP contribution in [0, 0.1) is 0 Å². The van der Waals surface area contributed by atoms with Crippen LogP contribution in [-0.4, -0.2) is 49.6 Å². The standard InChI is InChI=1S/C18H20N6O2/c1-14(24-10-3-8-20-24)18(26)22(2)12-17(25)21-15-4-6-16(7-5-15)23-11-9-19-13-23/h3-11,13-14H,12H2,1-2H3,(H,21,25). The van der Waals surface area contributed by atoms with Crippen molar-refractivity contribution in [2.45, 2.75) is 13.0 Å². The summed E-state index contributed by atoms with van der Waals surface area (Å²) < 4.78 is 3.43. The fraction of sp³-hybridized carbons (Fsp3) is 0.222. The van der Waals surface area contributed by atoms with Gasteiger partial charge >= 0.3 is 0 Å². The van der Waals surface area contributed by atoms with Crippen molar-refractivity contribution in [3.63, 3.8) is 0 Å². The van der Waals surface area contributed by atoms with Gasteiger partial charge in [0.25, 0.3) is 0 Å². The van der Waals surface area contributed by atoms with E-state index in [2.05, 4.69) is 15.4 Å². The van der Waals surface area contributed by atoms with Crippen molar-refractivity contribution in [3.8, 4) is 5.69 Å². The number of carbonyl (C=O) groups is 2. The first kappa shape index (κ1) is 17.4. The topological polar surface area (TPSA) is 85.0 Å². The van der Waals surface area contributed by atoms with Crippen molar-refractivity contribution in [2.75, 3.05) is 18.9 Å². The maximum Gasteiger partial charge on any atom is 0.247 e. The summed E-state index contributed by atoms with van der Waals surface area (Å²) in [6, 6.07) is 8.67. The highest BCUT2D eigenvalue weighted by Crippen LogP contribution is 2.13. The molecule has 3 rings (SSSR count). The van der Waals surface area contributed by atoms with Crippen LogP contribution >= 0.6 is 0 Å². The Kier molecular flexibility index (Phi) is 5.12. The fourth-order valence-electron chi connectivity index (χ4n) is 2.56. The average Bonchev–Trinajstić information content (AvgIpc) is 3.34. The van der Waals surface area contributed by atoms with E-state index in [0.717, 1.165) is 5.69 Å². The van der Waals surface area contributed by atoms with Gasteiger partial charge in [0.15, 0.2) is 0 Å². The number of likely N-dealkylation sites (N-methyl/N-ethyl adjacent to an activating group) is 1. The number of imidazole rings is 1. The molecule has 0 fully saturated rings. The maximum absolute atomic E-state index is 12.4. The van der Waals surface area contributed by atoms with E-state index in [0.29, 0.717) is 5.69 Å². The smallest absolute Gasteiger partial charge is 0.247 e. The van der Waals surface area contributed by atoms with Crippen molar-refractivity contribution >= 4 is 17.5 Å². The molecule has 0 aliphatic carbocycles. The molecule has 2 amide bonds. The summed E-state index contributed by atoms with van der Waals surface area (Å²) >= 11 is 0. The van der Waals surface area contributed by atoms with Gasteiger partial charge in [-0.25, -0.2) is 4.98 Å². The van der Waals surface area contributed by atoms with Crippen molar-refractivity contribution in [2.24, 2.45) is 0 Å². The summed E-state index contributed by atoms with van der Waals surface area (Å²) in [5.41, 5.74) is 1.61.